The molecule has 1 aromatic rings. The molecular formula is C9H11NO. The summed E-state index contributed by atoms with van der Waals surface area (Å²) in [5, 5.41) is 8.68. The van der Waals surface area contributed by atoms with Crippen LogP contribution in [-0.4, -0.2) is 10.1 Å². The molecule has 1 aromatic heterocycles. The molecule has 0 aromatic carbocycles. The zero-order valence-corrected chi connectivity index (χ0v) is 6.70. The second-order valence-electron chi connectivity index (χ2n) is 2.53. The van der Waals surface area contributed by atoms with Crippen molar-refractivity contribution in [3.05, 3.63) is 35.8 Å². The van der Waals surface area contributed by atoms with E-state index < -0.39 is 0 Å². The van der Waals surface area contributed by atoms with Crippen molar-refractivity contribution in [3.63, 3.8) is 0 Å². The topological polar surface area (TPSA) is 33.1 Å². The van der Waals surface area contributed by atoms with Crippen molar-refractivity contribution < 1.29 is 5.11 Å². The van der Waals surface area contributed by atoms with Gasteiger partial charge in [0.05, 0.1) is 12.0 Å². The molecule has 1 N–H and O–H groups in total. The van der Waals surface area contributed by atoms with Gasteiger partial charge in [-0.25, -0.2) is 0 Å². The minimum absolute atomic E-state index is 0.786. The molecule has 1 heterocycles. The van der Waals surface area contributed by atoms with Gasteiger partial charge in [-0.1, -0.05) is 0 Å². The van der Waals surface area contributed by atoms with Gasteiger partial charge in [0.1, 0.15) is 0 Å². The van der Waals surface area contributed by atoms with E-state index in [-0.39, 0.29) is 0 Å². The normalized spacial score (nSPS) is 11.6. The number of aliphatic hydroxyl groups is 1. The number of hydrogen-bond donors (Lipinski definition) is 1. The number of allylic oxidation sites excluding steroid dienone is 1. The lowest BCUT2D eigenvalue weighted by Gasteiger charge is -1.98. The van der Waals surface area contributed by atoms with Crippen LogP contribution in [0.1, 0.15) is 18.2 Å². The molecule has 0 saturated carbocycles. The molecule has 0 unspecified atom stereocenters. The van der Waals surface area contributed by atoms with E-state index in [0.29, 0.717) is 0 Å². The lowest BCUT2D eigenvalue weighted by Crippen LogP contribution is -1.85. The van der Waals surface area contributed by atoms with Crippen molar-refractivity contribution in [2.24, 2.45) is 0 Å². The van der Waals surface area contributed by atoms with E-state index in [0.717, 1.165) is 23.1 Å². The molecule has 0 aliphatic heterocycles. The van der Waals surface area contributed by atoms with Crippen LogP contribution in [0.3, 0.4) is 0 Å². The van der Waals surface area contributed by atoms with Gasteiger partial charge in [0.25, 0.3) is 0 Å². The summed E-state index contributed by atoms with van der Waals surface area (Å²) in [7, 11) is 0. The van der Waals surface area contributed by atoms with E-state index in [4.69, 9.17) is 5.11 Å². The second-order valence-corrected chi connectivity index (χ2v) is 2.53. The van der Waals surface area contributed by atoms with Crippen molar-refractivity contribution in [1.82, 2.24) is 4.98 Å². The zero-order chi connectivity index (χ0) is 8.27. The fourth-order valence-corrected chi connectivity index (χ4v) is 0.818. The van der Waals surface area contributed by atoms with Crippen molar-refractivity contribution >= 4 is 5.57 Å². The van der Waals surface area contributed by atoms with Gasteiger partial charge in [-0.15, -0.1) is 0 Å². The zero-order valence-electron chi connectivity index (χ0n) is 6.70. The van der Waals surface area contributed by atoms with Crippen LogP contribution in [0.25, 0.3) is 5.57 Å². The molecule has 0 aliphatic carbocycles. The number of hydrogen-bond acceptors (Lipinski definition) is 2. The molecule has 0 atom stereocenters. The van der Waals surface area contributed by atoms with Gasteiger partial charge in [-0.2, -0.15) is 0 Å². The summed E-state index contributed by atoms with van der Waals surface area (Å²) >= 11 is 0. The Morgan fingerprint density at radius 2 is 2.36 bits per heavy atom. The summed E-state index contributed by atoms with van der Waals surface area (Å²) in [6.45, 7) is 3.82. The molecule has 2 nitrogen and oxygen atoms in total. The summed E-state index contributed by atoms with van der Waals surface area (Å²) in [6, 6.07) is 3.86. The van der Waals surface area contributed by atoms with E-state index in [1.165, 1.54) is 0 Å². The predicted molar refractivity (Wildman–Crippen MR) is 45.3 cm³/mol. The summed E-state index contributed by atoms with van der Waals surface area (Å²) in [5.41, 5.74) is 2.76. The van der Waals surface area contributed by atoms with Crippen molar-refractivity contribution in [3.8, 4) is 0 Å². The highest BCUT2D eigenvalue weighted by Gasteiger charge is 1.95. The van der Waals surface area contributed by atoms with Gasteiger partial charge >= 0.3 is 0 Å². The SMILES string of the molecule is C/C(=C/O)c1cc(C)ccn1. The largest absolute Gasteiger partial charge is 0.515 e. The third kappa shape index (κ3) is 1.80. The molecule has 0 fully saturated rings. The van der Waals surface area contributed by atoms with Gasteiger partial charge in [0.2, 0.25) is 0 Å². The molecule has 0 radical (unpaired) electrons. The first kappa shape index (κ1) is 7.79. The monoisotopic (exact) mass is 149 g/mol. The molecular weight excluding hydrogens is 138 g/mol. The van der Waals surface area contributed by atoms with Crippen LogP contribution in [0, 0.1) is 6.92 Å². The maximum Gasteiger partial charge on any atom is 0.0842 e. The molecule has 0 amide bonds. The molecule has 11 heavy (non-hydrogen) atoms. The second kappa shape index (κ2) is 3.19. The minimum atomic E-state index is 0.786. The number of rotatable bonds is 1. The third-order valence-corrected chi connectivity index (χ3v) is 1.51. The highest BCUT2D eigenvalue weighted by Crippen LogP contribution is 2.10. The van der Waals surface area contributed by atoms with Crippen molar-refractivity contribution in [1.29, 1.82) is 0 Å². The number of pyridine rings is 1. The molecule has 58 valence electrons. The van der Waals surface area contributed by atoms with E-state index in [1.54, 1.807) is 6.20 Å². The van der Waals surface area contributed by atoms with Crippen LogP contribution in [-0.2, 0) is 0 Å². The number of aromatic nitrogens is 1. The van der Waals surface area contributed by atoms with E-state index >= 15 is 0 Å². The van der Waals surface area contributed by atoms with Crippen LogP contribution in [0.15, 0.2) is 24.6 Å². The summed E-state index contributed by atoms with van der Waals surface area (Å²) in [6.07, 6.45) is 2.80. The first-order valence-corrected chi connectivity index (χ1v) is 3.48. The maximum atomic E-state index is 8.68. The molecule has 2 heteroatoms. The van der Waals surface area contributed by atoms with Crippen molar-refractivity contribution in [2.75, 3.05) is 0 Å². The van der Waals surface area contributed by atoms with Gasteiger partial charge in [-0.3, -0.25) is 4.98 Å². The first-order chi connectivity index (χ1) is 5.24. The highest BCUT2D eigenvalue weighted by atomic mass is 16.2. The van der Waals surface area contributed by atoms with Gasteiger partial charge in [0.15, 0.2) is 0 Å². The average molecular weight is 149 g/mol. The Balaban J connectivity index is 3.06. The van der Waals surface area contributed by atoms with Crippen LogP contribution in [0.2, 0.25) is 0 Å². The summed E-state index contributed by atoms with van der Waals surface area (Å²) < 4.78 is 0. The standard InChI is InChI=1S/C9H11NO/c1-7-3-4-10-9(5-7)8(2)6-11/h3-6,11H,1-2H3/b8-6-. The molecule has 1 rings (SSSR count). The average Bonchev–Trinajstić information content (AvgIpc) is 2.03. The van der Waals surface area contributed by atoms with E-state index in [1.807, 2.05) is 26.0 Å². The highest BCUT2D eigenvalue weighted by molar-refractivity contribution is 5.59. The third-order valence-electron chi connectivity index (χ3n) is 1.51. The number of aryl methyl sites for hydroxylation is 1. The van der Waals surface area contributed by atoms with Gasteiger partial charge < -0.3 is 5.11 Å². The maximum absolute atomic E-state index is 8.68. The smallest absolute Gasteiger partial charge is 0.0842 e. The fourth-order valence-electron chi connectivity index (χ4n) is 0.818. The van der Waals surface area contributed by atoms with Crippen molar-refractivity contribution in [2.45, 2.75) is 13.8 Å². The van der Waals surface area contributed by atoms with Crippen LogP contribution in [0.4, 0.5) is 0 Å². The molecule has 0 aliphatic rings. The Morgan fingerprint density at radius 1 is 1.64 bits per heavy atom. The predicted octanol–water partition coefficient (Wildman–Crippen LogP) is 2.31. The first-order valence-electron chi connectivity index (χ1n) is 3.48. The Kier molecular flexibility index (Phi) is 2.26. The van der Waals surface area contributed by atoms with Gasteiger partial charge in [-0.05, 0) is 31.5 Å². The van der Waals surface area contributed by atoms with Gasteiger partial charge in [0, 0.05) is 11.8 Å². The minimum Gasteiger partial charge on any atom is -0.515 e. The Morgan fingerprint density at radius 3 is 2.91 bits per heavy atom. The molecule has 0 spiro atoms. The lowest BCUT2D eigenvalue weighted by atomic mass is 10.2. The van der Waals surface area contributed by atoms with E-state index in [2.05, 4.69) is 4.98 Å². The van der Waals surface area contributed by atoms with E-state index in [9.17, 15) is 0 Å². The quantitative estimate of drug-likeness (QED) is 0.621. The summed E-state index contributed by atoms with van der Waals surface area (Å²) in [4.78, 5) is 4.08. The Labute approximate surface area is 66.2 Å². The number of aliphatic hydroxyl groups excluding tert-OH is 1. The molecule has 0 bridgehead atoms. The van der Waals surface area contributed by atoms with Crippen LogP contribution >= 0.6 is 0 Å². The fraction of sp³-hybridized carbons (Fsp3) is 0.222. The Bertz CT molecular complexity index is 279. The Hall–Kier alpha value is -1.31. The summed E-state index contributed by atoms with van der Waals surface area (Å²) in [5.74, 6) is 0. The number of nitrogens with zero attached hydrogens (tertiary/aromatic N) is 1. The van der Waals surface area contributed by atoms with Crippen LogP contribution in [0.5, 0.6) is 0 Å². The lowest BCUT2D eigenvalue weighted by molar-refractivity contribution is 0.475. The van der Waals surface area contributed by atoms with Crippen LogP contribution < -0.4 is 0 Å². The molecule has 0 saturated heterocycles.